The molecule has 6 nitrogen and oxygen atoms in total. The van der Waals surface area contributed by atoms with Gasteiger partial charge in [0.15, 0.2) is 0 Å². The first-order chi connectivity index (χ1) is 9.66. The molecule has 0 spiro atoms. The summed E-state index contributed by atoms with van der Waals surface area (Å²) in [6, 6.07) is 3.30. The summed E-state index contributed by atoms with van der Waals surface area (Å²) in [7, 11) is 0. The summed E-state index contributed by atoms with van der Waals surface area (Å²) in [6.45, 7) is 7.55. The molecule has 1 saturated heterocycles. The molecule has 0 aromatic carbocycles. The van der Waals surface area contributed by atoms with Crippen molar-refractivity contribution in [1.82, 2.24) is 20.5 Å². The third-order valence-corrected chi connectivity index (χ3v) is 3.45. The van der Waals surface area contributed by atoms with Gasteiger partial charge < -0.3 is 20.5 Å². The minimum Gasteiger partial charge on any atom is -0.352 e. The van der Waals surface area contributed by atoms with E-state index in [-0.39, 0.29) is 17.0 Å². The molecule has 1 aliphatic rings. The van der Waals surface area contributed by atoms with Gasteiger partial charge in [-0.05, 0) is 32.0 Å². The SMILES string of the molecule is Cc1ccc(C(=O)NCCCN2CCNCC2)c(=O)[nH]1. The van der Waals surface area contributed by atoms with E-state index < -0.39 is 0 Å². The van der Waals surface area contributed by atoms with E-state index in [2.05, 4.69) is 20.5 Å². The molecule has 110 valence electrons. The average Bonchev–Trinajstić information content (AvgIpc) is 2.44. The van der Waals surface area contributed by atoms with Gasteiger partial charge in [0, 0.05) is 38.4 Å². The number of aromatic amines is 1. The highest BCUT2D eigenvalue weighted by atomic mass is 16.2. The Labute approximate surface area is 118 Å². The number of hydrogen-bond donors (Lipinski definition) is 3. The molecule has 0 saturated carbocycles. The zero-order chi connectivity index (χ0) is 14.4. The van der Waals surface area contributed by atoms with Crippen molar-refractivity contribution >= 4 is 5.91 Å². The first-order valence-corrected chi connectivity index (χ1v) is 7.08. The molecule has 0 radical (unpaired) electrons. The summed E-state index contributed by atoms with van der Waals surface area (Å²) in [5, 5.41) is 6.10. The highest BCUT2D eigenvalue weighted by molar-refractivity contribution is 5.93. The van der Waals surface area contributed by atoms with Crippen LogP contribution >= 0.6 is 0 Å². The van der Waals surface area contributed by atoms with Gasteiger partial charge in [-0.1, -0.05) is 0 Å². The summed E-state index contributed by atoms with van der Waals surface area (Å²) in [5.74, 6) is -0.299. The molecule has 1 aliphatic heterocycles. The zero-order valence-corrected chi connectivity index (χ0v) is 11.9. The molecular weight excluding hydrogens is 256 g/mol. The quantitative estimate of drug-likeness (QED) is 0.647. The molecule has 0 bridgehead atoms. The maximum atomic E-state index is 11.9. The Morgan fingerprint density at radius 3 is 2.80 bits per heavy atom. The second-order valence-corrected chi connectivity index (χ2v) is 5.09. The Bertz CT molecular complexity index is 506. The van der Waals surface area contributed by atoms with Crippen molar-refractivity contribution in [3.63, 3.8) is 0 Å². The largest absolute Gasteiger partial charge is 0.352 e. The summed E-state index contributed by atoms with van der Waals surface area (Å²) >= 11 is 0. The lowest BCUT2D eigenvalue weighted by Crippen LogP contribution is -2.44. The molecule has 1 aromatic heterocycles. The number of aromatic nitrogens is 1. The first-order valence-electron chi connectivity index (χ1n) is 7.08. The lowest BCUT2D eigenvalue weighted by Gasteiger charge is -2.27. The molecule has 2 rings (SSSR count). The Kier molecular flexibility index (Phi) is 5.31. The average molecular weight is 278 g/mol. The van der Waals surface area contributed by atoms with Gasteiger partial charge in [-0.3, -0.25) is 9.59 Å². The van der Waals surface area contributed by atoms with Crippen LogP contribution in [0, 0.1) is 6.92 Å². The van der Waals surface area contributed by atoms with Crippen LogP contribution in [0.4, 0.5) is 0 Å². The highest BCUT2D eigenvalue weighted by Gasteiger charge is 2.11. The van der Waals surface area contributed by atoms with E-state index in [0.717, 1.165) is 44.8 Å². The predicted octanol–water partition coefficient (Wildman–Crippen LogP) is -0.292. The summed E-state index contributed by atoms with van der Waals surface area (Å²) in [5.41, 5.74) is 0.604. The topological polar surface area (TPSA) is 77.2 Å². The fourth-order valence-corrected chi connectivity index (χ4v) is 2.29. The van der Waals surface area contributed by atoms with Crippen LogP contribution in [0.15, 0.2) is 16.9 Å². The van der Waals surface area contributed by atoms with Crippen molar-refractivity contribution in [2.45, 2.75) is 13.3 Å². The van der Waals surface area contributed by atoms with Crippen LogP contribution in [0.5, 0.6) is 0 Å². The normalized spacial score (nSPS) is 16.1. The molecule has 1 amide bonds. The Morgan fingerprint density at radius 1 is 1.35 bits per heavy atom. The number of nitrogens with one attached hydrogen (secondary N) is 3. The number of carbonyl (C=O) groups excluding carboxylic acids is 1. The number of rotatable bonds is 5. The van der Waals surface area contributed by atoms with E-state index in [1.807, 2.05) is 0 Å². The van der Waals surface area contributed by atoms with Crippen molar-refractivity contribution in [1.29, 1.82) is 0 Å². The second-order valence-electron chi connectivity index (χ2n) is 5.09. The number of aryl methyl sites for hydroxylation is 1. The molecule has 1 aromatic rings. The standard InChI is InChI=1S/C14H22N4O2/c1-11-3-4-12(14(20)17-11)13(19)16-5-2-8-18-9-6-15-7-10-18/h3-4,15H,2,5-10H2,1H3,(H,16,19)(H,17,20). The molecule has 0 aliphatic carbocycles. The van der Waals surface area contributed by atoms with Gasteiger partial charge in [-0.15, -0.1) is 0 Å². The van der Waals surface area contributed by atoms with Crippen molar-refractivity contribution in [3.05, 3.63) is 33.7 Å². The van der Waals surface area contributed by atoms with Crippen molar-refractivity contribution in [2.75, 3.05) is 39.3 Å². The molecule has 0 atom stereocenters. The van der Waals surface area contributed by atoms with Crippen LogP contribution in [-0.2, 0) is 0 Å². The number of H-pyrrole nitrogens is 1. The van der Waals surface area contributed by atoms with Crippen LogP contribution in [-0.4, -0.2) is 55.1 Å². The van der Waals surface area contributed by atoms with Crippen LogP contribution in [0.1, 0.15) is 22.5 Å². The van der Waals surface area contributed by atoms with E-state index in [0.29, 0.717) is 6.54 Å². The fraction of sp³-hybridized carbons (Fsp3) is 0.571. The van der Waals surface area contributed by atoms with Gasteiger partial charge in [0.25, 0.3) is 11.5 Å². The number of hydrogen-bond acceptors (Lipinski definition) is 4. The van der Waals surface area contributed by atoms with Crippen LogP contribution in [0.3, 0.4) is 0 Å². The van der Waals surface area contributed by atoms with Gasteiger partial charge in [-0.25, -0.2) is 0 Å². The fourth-order valence-electron chi connectivity index (χ4n) is 2.29. The van der Waals surface area contributed by atoms with Gasteiger partial charge in [0.05, 0.1) is 0 Å². The Hall–Kier alpha value is -1.66. The monoisotopic (exact) mass is 278 g/mol. The number of nitrogens with zero attached hydrogens (tertiary/aromatic N) is 1. The van der Waals surface area contributed by atoms with E-state index in [9.17, 15) is 9.59 Å². The number of amides is 1. The van der Waals surface area contributed by atoms with Crippen LogP contribution in [0.2, 0.25) is 0 Å². The molecule has 2 heterocycles. The third kappa shape index (κ3) is 4.18. The first kappa shape index (κ1) is 14.7. The molecule has 1 fully saturated rings. The van der Waals surface area contributed by atoms with E-state index in [4.69, 9.17) is 0 Å². The van der Waals surface area contributed by atoms with E-state index in [1.165, 1.54) is 0 Å². The lowest BCUT2D eigenvalue weighted by atomic mass is 10.2. The molecule has 6 heteroatoms. The van der Waals surface area contributed by atoms with Crippen molar-refractivity contribution < 1.29 is 4.79 Å². The van der Waals surface area contributed by atoms with Gasteiger partial charge >= 0.3 is 0 Å². The van der Waals surface area contributed by atoms with Crippen molar-refractivity contribution in [2.24, 2.45) is 0 Å². The van der Waals surface area contributed by atoms with Gasteiger partial charge in [0.1, 0.15) is 5.56 Å². The molecular formula is C14H22N4O2. The van der Waals surface area contributed by atoms with Crippen molar-refractivity contribution in [3.8, 4) is 0 Å². The minimum absolute atomic E-state index is 0.178. The zero-order valence-electron chi connectivity index (χ0n) is 11.9. The smallest absolute Gasteiger partial charge is 0.260 e. The van der Waals surface area contributed by atoms with Crippen LogP contribution < -0.4 is 16.2 Å². The third-order valence-electron chi connectivity index (χ3n) is 3.45. The summed E-state index contributed by atoms with van der Waals surface area (Å²) in [4.78, 5) is 28.5. The second kappa shape index (κ2) is 7.21. The Balaban J connectivity index is 1.73. The van der Waals surface area contributed by atoms with E-state index >= 15 is 0 Å². The number of pyridine rings is 1. The number of carbonyl (C=O) groups is 1. The summed E-state index contributed by atoms with van der Waals surface area (Å²) < 4.78 is 0. The van der Waals surface area contributed by atoms with Gasteiger partial charge in [-0.2, -0.15) is 0 Å². The highest BCUT2D eigenvalue weighted by Crippen LogP contribution is 1.96. The molecule has 20 heavy (non-hydrogen) atoms. The molecule has 0 unspecified atom stereocenters. The predicted molar refractivity (Wildman–Crippen MR) is 78.1 cm³/mol. The van der Waals surface area contributed by atoms with Gasteiger partial charge in [0.2, 0.25) is 0 Å². The molecule has 3 N–H and O–H groups in total. The Morgan fingerprint density at radius 2 is 2.10 bits per heavy atom. The number of piperazine rings is 1. The summed E-state index contributed by atoms with van der Waals surface area (Å²) in [6.07, 6.45) is 0.898. The van der Waals surface area contributed by atoms with Crippen LogP contribution in [0.25, 0.3) is 0 Å². The maximum absolute atomic E-state index is 11.9. The van der Waals surface area contributed by atoms with E-state index in [1.54, 1.807) is 19.1 Å². The maximum Gasteiger partial charge on any atom is 0.260 e. The lowest BCUT2D eigenvalue weighted by molar-refractivity contribution is 0.0949. The minimum atomic E-state index is -0.329.